The third kappa shape index (κ3) is 4.33. The van der Waals surface area contributed by atoms with Crippen molar-refractivity contribution in [2.75, 3.05) is 12.3 Å². The number of carbonyl (C=O) groups excluding carboxylic acids is 1. The Morgan fingerprint density at radius 3 is 2.73 bits per heavy atom. The highest BCUT2D eigenvalue weighted by atomic mass is 35.5. The molecule has 0 heterocycles. The second-order valence-corrected chi connectivity index (χ2v) is 4.15. The fraction of sp³-hybridized carbons (Fsp3) is 0.300. The molecule has 0 saturated heterocycles. The highest BCUT2D eigenvalue weighted by Crippen LogP contribution is 2.20. The van der Waals surface area contributed by atoms with Gasteiger partial charge < -0.3 is 5.32 Å². The smallest absolute Gasteiger partial charge is 0.229 e. The lowest BCUT2D eigenvalue weighted by atomic mass is 10.1. The van der Waals surface area contributed by atoms with Crippen LogP contribution in [0.25, 0.3) is 0 Å². The standard InChI is InChI=1S/C10H11Cl2NOS/c11-8-2-1-7(9(12)5-8)3-4-13-10(14)6-15/h1-2,5,15H,3-4,6H2,(H,13,14). The zero-order chi connectivity index (χ0) is 11.3. The summed E-state index contributed by atoms with van der Waals surface area (Å²) in [5.74, 6) is 0.123. The normalized spacial score (nSPS) is 10.1. The monoisotopic (exact) mass is 263 g/mol. The highest BCUT2D eigenvalue weighted by molar-refractivity contribution is 7.81. The van der Waals surface area contributed by atoms with Gasteiger partial charge in [0.1, 0.15) is 0 Å². The van der Waals surface area contributed by atoms with E-state index in [2.05, 4.69) is 17.9 Å². The van der Waals surface area contributed by atoms with Gasteiger partial charge in [-0.3, -0.25) is 4.79 Å². The quantitative estimate of drug-likeness (QED) is 0.804. The maximum Gasteiger partial charge on any atom is 0.229 e. The molecule has 0 bridgehead atoms. The molecule has 0 aliphatic carbocycles. The minimum absolute atomic E-state index is 0.0802. The summed E-state index contributed by atoms with van der Waals surface area (Å²) in [6.45, 7) is 0.556. The topological polar surface area (TPSA) is 29.1 Å². The summed E-state index contributed by atoms with van der Waals surface area (Å²) in [5, 5.41) is 3.96. The number of thiol groups is 1. The van der Waals surface area contributed by atoms with Crippen molar-refractivity contribution in [3.05, 3.63) is 33.8 Å². The molecule has 82 valence electrons. The maximum absolute atomic E-state index is 10.9. The van der Waals surface area contributed by atoms with Crippen molar-refractivity contribution in [3.63, 3.8) is 0 Å². The first-order chi connectivity index (χ1) is 7.13. The molecule has 2 nitrogen and oxygen atoms in total. The average Bonchev–Trinajstić information content (AvgIpc) is 2.21. The Morgan fingerprint density at radius 2 is 2.13 bits per heavy atom. The van der Waals surface area contributed by atoms with Crippen molar-refractivity contribution < 1.29 is 4.79 Å². The summed E-state index contributed by atoms with van der Waals surface area (Å²) in [6.07, 6.45) is 0.690. The van der Waals surface area contributed by atoms with Crippen LogP contribution in [0.5, 0.6) is 0 Å². The molecule has 0 aliphatic heterocycles. The van der Waals surface area contributed by atoms with E-state index in [9.17, 15) is 4.79 Å². The zero-order valence-electron chi connectivity index (χ0n) is 7.96. The Labute approximate surface area is 104 Å². The summed E-state index contributed by atoms with van der Waals surface area (Å²) >= 11 is 15.6. The molecule has 1 N–H and O–H groups in total. The van der Waals surface area contributed by atoms with Crippen LogP contribution in [-0.2, 0) is 11.2 Å². The number of hydrogen-bond donors (Lipinski definition) is 2. The Kier molecular flexibility index (Phi) is 5.29. The first-order valence-corrected chi connectivity index (χ1v) is 5.84. The molecule has 0 saturated carbocycles. The van der Waals surface area contributed by atoms with Gasteiger partial charge in [-0.05, 0) is 24.1 Å². The van der Waals surface area contributed by atoms with Crippen molar-refractivity contribution in [2.24, 2.45) is 0 Å². The fourth-order valence-corrected chi connectivity index (χ4v) is 1.73. The molecule has 0 atom stereocenters. The maximum atomic E-state index is 10.9. The second kappa shape index (κ2) is 6.26. The van der Waals surface area contributed by atoms with Crippen LogP contribution in [0.3, 0.4) is 0 Å². The fourth-order valence-electron chi connectivity index (χ4n) is 1.12. The number of halogens is 2. The number of amides is 1. The van der Waals surface area contributed by atoms with Crippen LogP contribution in [0.15, 0.2) is 18.2 Å². The van der Waals surface area contributed by atoms with Crippen LogP contribution in [0, 0.1) is 0 Å². The number of carbonyl (C=O) groups is 1. The Balaban J connectivity index is 2.47. The van der Waals surface area contributed by atoms with Gasteiger partial charge in [0.25, 0.3) is 0 Å². The first kappa shape index (κ1) is 12.7. The van der Waals surface area contributed by atoms with Gasteiger partial charge in [-0.25, -0.2) is 0 Å². The van der Waals surface area contributed by atoms with Gasteiger partial charge in [-0.1, -0.05) is 29.3 Å². The molecular formula is C10H11Cl2NOS. The Morgan fingerprint density at radius 1 is 1.40 bits per heavy atom. The summed E-state index contributed by atoms with van der Waals surface area (Å²) in [6, 6.07) is 5.33. The van der Waals surface area contributed by atoms with E-state index in [-0.39, 0.29) is 11.7 Å². The molecule has 0 aliphatic rings. The molecular weight excluding hydrogens is 253 g/mol. The summed E-state index contributed by atoms with van der Waals surface area (Å²) in [5.41, 5.74) is 0.973. The van der Waals surface area contributed by atoms with Gasteiger partial charge in [-0.15, -0.1) is 0 Å². The molecule has 0 radical (unpaired) electrons. The highest BCUT2D eigenvalue weighted by Gasteiger charge is 2.02. The van der Waals surface area contributed by atoms with Crippen LogP contribution < -0.4 is 5.32 Å². The predicted molar refractivity (Wildman–Crippen MR) is 67.0 cm³/mol. The van der Waals surface area contributed by atoms with Gasteiger partial charge >= 0.3 is 0 Å². The first-order valence-electron chi connectivity index (χ1n) is 4.45. The van der Waals surface area contributed by atoms with E-state index in [1.807, 2.05) is 6.07 Å². The third-order valence-corrected chi connectivity index (χ3v) is 2.75. The van der Waals surface area contributed by atoms with E-state index in [0.29, 0.717) is 23.0 Å². The van der Waals surface area contributed by atoms with Crippen molar-refractivity contribution in [1.29, 1.82) is 0 Å². The molecule has 1 aromatic rings. The van der Waals surface area contributed by atoms with Crippen molar-refractivity contribution in [2.45, 2.75) is 6.42 Å². The summed E-state index contributed by atoms with van der Waals surface area (Å²) in [7, 11) is 0. The van der Waals surface area contributed by atoms with Crippen LogP contribution in [0.1, 0.15) is 5.56 Å². The molecule has 0 unspecified atom stereocenters. The van der Waals surface area contributed by atoms with Crippen molar-refractivity contribution >= 4 is 41.7 Å². The van der Waals surface area contributed by atoms with E-state index in [1.54, 1.807) is 12.1 Å². The van der Waals surface area contributed by atoms with Crippen LogP contribution >= 0.6 is 35.8 Å². The number of benzene rings is 1. The molecule has 0 spiro atoms. The van der Waals surface area contributed by atoms with E-state index < -0.39 is 0 Å². The van der Waals surface area contributed by atoms with Gasteiger partial charge in [0.15, 0.2) is 0 Å². The molecule has 1 rings (SSSR count). The Hall–Kier alpha value is -0.380. The van der Waals surface area contributed by atoms with Gasteiger partial charge in [0.05, 0.1) is 5.75 Å². The number of rotatable bonds is 4. The van der Waals surface area contributed by atoms with Gasteiger partial charge in [0.2, 0.25) is 5.91 Å². The lowest BCUT2D eigenvalue weighted by molar-refractivity contribution is -0.118. The predicted octanol–water partition coefficient (Wildman–Crippen LogP) is 2.58. The molecule has 5 heteroatoms. The Bertz CT molecular complexity index is 357. The van der Waals surface area contributed by atoms with Crippen molar-refractivity contribution in [1.82, 2.24) is 5.32 Å². The number of nitrogens with one attached hydrogen (secondary N) is 1. The van der Waals surface area contributed by atoms with E-state index in [4.69, 9.17) is 23.2 Å². The molecule has 1 aromatic carbocycles. The van der Waals surface area contributed by atoms with Crippen LogP contribution in [0.2, 0.25) is 10.0 Å². The minimum Gasteiger partial charge on any atom is -0.355 e. The largest absolute Gasteiger partial charge is 0.355 e. The second-order valence-electron chi connectivity index (χ2n) is 2.99. The van der Waals surface area contributed by atoms with Crippen LogP contribution in [-0.4, -0.2) is 18.2 Å². The van der Waals surface area contributed by atoms with Crippen molar-refractivity contribution in [3.8, 4) is 0 Å². The summed E-state index contributed by atoms with van der Waals surface area (Å²) < 4.78 is 0. The molecule has 15 heavy (non-hydrogen) atoms. The number of hydrogen-bond acceptors (Lipinski definition) is 2. The molecule has 0 fully saturated rings. The van der Waals surface area contributed by atoms with Gasteiger partial charge in [-0.2, -0.15) is 12.6 Å². The minimum atomic E-state index is -0.0802. The summed E-state index contributed by atoms with van der Waals surface area (Å²) in [4.78, 5) is 10.9. The van der Waals surface area contributed by atoms with Gasteiger partial charge in [0, 0.05) is 16.6 Å². The SMILES string of the molecule is O=C(CS)NCCc1ccc(Cl)cc1Cl. The molecule has 1 amide bonds. The van der Waals surface area contributed by atoms with E-state index in [0.717, 1.165) is 5.56 Å². The van der Waals surface area contributed by atoms with Crippen LogP contribution in [0.4, 0.5) is 0 Å². The molecule has 0 aromatic heterocycles. The lowest BCUT2D eigenvalue weighted by Gasteiger charge is -2.05. The lowest BCUT2D eigenvalue weighted by Crippen LogP contribution is -2.26. The third-order valence-electron chi connectivity index (χ3n) is 1.88. The average molecular weight is 264 g/mol. The zero-order valence-corrected chi connectivity index (χ0v) is 10.4. The van der Waals surface area contributed by atoms with E-state index in [1.165, 1.54) is 0 Å². The van der Waals surface area contributed by atoms with E-state index >= 15 is 0 Å².